The number of hydrogen-bond donors (Lipinski definition) is 2. The number of hydrogen-bond acceptors (Lipinski definition) is 3. The molecule has 0 spiro atoms. The van der Waals surface area contributed by atoms with Crippen molar-refractivity contribution in [3.05, 3.63) is 46.2 Å². The van der Waals surface area contributed by atoms with Crippen molar-refractivity contribution in [3.8, 4) is 0 Å². The Morgan fingerprint density at radius 3 is 2.53 bits per heavy atom. The van der Waals surface area contributed by atoms with Crippen LogP contribution in [0, 0.1) is 6.92 Å². The second-order valence-corrected chi connectivity index (χ2v) is 5.01. The van der Waals surface area contributed by atoms with Crippen molar-refractivity contribution in [1.82, 2.24) is 4.98 Å². The van der Waals surface area contributed by atoms with Crippen molar-refractivity contribution in [2.45, 2.75) is 13.8 Å². The Morgan fingerprint density at radius 1 is 1.05 bits per heavy atom. The molecule has 0 fully saturated rings. The fraction of sp³-hybridized carbons (Fsp3) is 0.214. The maximum Gasteiger partial charge on any atom is 0.0644 e. The maximum atomic E-state index is 6.20. The number of aryl methyl sites for hydroxylation is 1. The van der Waals surface area contributed by atoms with E-state index in [-0.39, 0.29) is 0 Å². The van der Waals surface area contributed by atoms with Crippen LogP contribution in [0.2, 0.25) is 10.0 Å². The molecule has 0 aliphatic carbocycles. The summed E-state index contributed by atoms with van der Waals surface area (Å²) in [5.41, 5.74) is 3.55. The quantitative estimate of drug-likeness (QED) is 0.845. The molecule has 0 saturated heterocycles. The lowest BCUT2D eigenvalue weighted by atomic mass is 10.2. The number of benzene rings is 1. The predicted molar refractivity (Wildman–Crippen MR) is 82.9 cm³/mol. The fourth-order valence-electron chi connectivity index (χ4n) is 1.71. The van der Waals surface area contributed by atoms with E-state index in [4.69, 9.17) is 23.2 Å². The van der Waals surface area contributed by atoms with Crippen LogP contribution < -0.4 is 10.6 Å². The van der Waals surface area contributed by atoms with Crippen molar-refractivity contribution in [3.63, 3.8) is 0 Å². The van der Waals surface area contributed by atoms with Gasteiger partial charge in [0.05, 0.1) is 34.5 Å². The van der Waals surface area contributed by atoms with E-state index in [1.54, 1.807) is 12.4 Å². The Hall–Kier alpha value is -1.45. The minimum Gasteiger partial charge on any atom is -0.384 e. The molecule has 1 heterocycles. The highest BCUT2D eigenvalue weighted by molar-refractivity contribution is 6.35. The number of pyridine rings is 1. The number of anilines is 3. The van der Waals surface area contributed by atoms with Gasteiger partial charge in [-0.25, -0.2) is 0 Å². The lowest BCUT2D eigenvalue weighted by Gasteiger charge is -2.11. The summed E-state index contributed by atoms with van der Waals surface area (Å²) in [5, 5.41) is 7.75. The summed E-state index contributed by atoms with van der Waals surface area (Å²) < 4.78 is 0. The highest BCUT2D eigenvalue weighted by atomic mass is 35.5. The Labute approximate surface area is 123 Å². The molecule has 19 heavy (non-hydrogen) atoms. The third-order valence-corrected chi connectivity index (χ3v) is 3.37. The first-order chi connectivity index (χ1) is 9.10. The fourth-order valence-corrected chi connectivity index (χ4v) is 2.14. The van der Waals surface area contributed by atoms with Crippen LogP contribution in [-0.2, 0) is 0 Å². The second kappa shape index (κ2) is 6.13. The molecule has 1 aromatic heterocycles. The monoisotopic (exact) mass is 295 g/mol. The lowest BCUT2D eigenvalue weighted by Crippen LogP contribution is -1.99. The summed E-state index contributed by atoms with van der Waals surface area (Å²) in [5.74, 6) is 0. The molecule has 3 nitrogen and oxygen atoms in total. The molecule has 2 N–H and O–H groups in total. The van der Waals surface area contributed by atoms with Gasteiger partial charge in [-0.2, -0.15) is 0 Å². The maximum absolute atomic E-state index is 6.20. The van der Waals surface area contributed by atoms with E-state index in [0.717, 1.165) is 29.2 Å². The Bertz CT molecular complexity index is 585. The first-order valence-electron chi connectivity index (χ1n) is 6.01. The van der Waals surface area contributed by atoms with E-state index in [2.05, 4.69) is 15.6 Å². The van der Waals surface area contributed by atoms with Gasteiger partial charge in [-0.05, 0) is 37.6 Å². The standard InChI is InChI=1S/C14H15Cl2N3/c1-3-18-10-5-11(8-17-7-10)19-14-6-12(15)9(2)4-13(14)16/h4-8,18-19H,3H2,1-2H3. The van der Waals surface area contributed by atoms with E-state index in [1.807, 2.05) is 32.0 Å². The van der Waals surface area contributed by atoms with Gasteiger partial charge in [0.15, 0.2) is 0 Å². The van der Waals surface area contributed by atoms with Crippen LogP contribution in [0.4, 0.5) is 17.1 Å². The summed E-state index contributed by atoms with van der Waals surface area (Å²) in [7, 11) is 0. The first kappa shape index (κ1) is 14.0. The third kappa shape index (κ3) is 3.52. The average Bonchev–Trinajstić information content (AvgIpc) is 2.37. The van der Waals surface area contributed by atoms with Gasteiger partial charge in [0.25, 0.3) is 0 Å². The normalized spacial score (nSPS) is 10.3. The number of rotatable bonds is 4. The van der Waals surface area contributed by atoms with Gasteiger partial charge in [-0.15, -0.1) is 0 Å². The molecule has 2 aromatic rings. The first-order valence-corrected chi connectivity index (χ1v) is 6.77. The van der Waals surface area contributed by atoms with E-state index in [0.29, 0.717) is 10.0 Å². The molecule has 0 amide bonds. The van der Waals surface area contributed by atoms with Gasteiger partial charge >= 0.3 is 0 Å². The molecule has 1 aromatic carbocycles. The summed E-state index contributed by atoms with van der Waals surface area (Å²) >= 11 is 12.3. The molecular formula is C14H15Cl2N3. The van der Waals surface area contributed by atoms with Gasteiger partial charge in [-0.1, -0.05) is 23.2 Å². The zero-order valence-electron chi connectivity index (χ0n) is 10.8. The van der Waals surface area contributed by atoms with Crippen molar-refractivity contribution in [2.24, 2.45) is 0 Å². The molecule has 0 bridgehead atoms. The van der Waals surface area contributed by atoms with E-state index < -0.39 is 0 Å². The summed E-state index contributed by atoms with van der Waals surface area (Å²) in [4.78, 5) is 4.17. The van der Waals surface area contributed by atoms with Crippen LogP contribution in [0.5, 0.6) is 0 Å². The van der Waals surface area contributed by atoms with Gasteiger partial charge < -0.3 is 10.6 Å². The van der Waals surface area contributed by atoms with E-state index >= 15 is 0 Å². The van der Waals surface area contributed by atoms with Crippen molar-refractivity contribution in [2.75, 3.05) is 17.2 Å². The molecule has 0 atom stereocenters. The Balaban J connectivity index is 2.25. The van der Waals surface area contributed by atoms with Crippen molar-refractivity contribution >= 4 is 40.3 Å². The minimum absolute atomic E-state index is 0.635. The predicted octanol–water partition coefficient (Wildman–Crippen LogP) is 4.87. The summed E-state index contributed by atoms with van der Waals surface area (Å²) in [6, 6.07) is 5.63. The molecule has 0 unspecified atom stereocenters. The van der Waals surface area contributed by atoms with Crippen LogP contribution in [0.15, 0.2) is 30.6 Å². The topological polar surface area (TPSA) is 37.0 Å². The van der Waals surface area contributed by atoms with Crippen LogP contribution in [0.1, 0.15) is 12.5 Å². The zero-order valence-corrected chi connectivity index (χ0v) is 12.3. The molecule has 0 radical (unpaired) electrons. The number of halogens is 2. The third-order valence-electron chi connectivity index (χ3n) is 2.65. The molecule has 100 valence electrons. The zero-order chi connectivity index (χ0) is 13.8. The van der Waals surface area contributed by atoms with Crippen LogP contribution in [0.25, 0.3) is 0 Å². The highest BCUT2D eigenvalue weighted by Gasteiger charge is 2.05. The number of nitrogens with zero attached hydrogens (tertiary/aromatic N) is 1. The van der Waals surface area contributed by atoms with Gasteiger partial charge in [0.2, 0.25) is 0 Å². The highest BCUT2D eigenvalue weighted by Crippen LogP contribution is 2.31. The Morgan fingerprint density at radius 2 is 1.79 bits per heavy atom. The molecule has 5 heteroatoms. The van der Waals surface area contributed by atoms with Crippen LogP contribution >= 0.6 is 23.2 Å². The van der Waals surface area contributed by atoms with E-state index in [1.165, 1.54) is 0 Å². The summed E-state index contributed by atoms with van der Waals surface area (Å²) in [6.45, 7) is 4.81. The molecule has 0 saturated carbocycles. The number of aromatic nitrogens is 1. The smallest absolute Gasteiger partial charge is 0.0644 e. The van der Waals surface area contributed by atoms with Gasteiger partial charge in [0.1, 0.15) is 0 Å². The average molecular weight is 296 g/mol. The van der Waals surface area contributed by atoms with Crippen LogP contribution in [0.3, 0.4) is 0 Å². The lowest BCUT2D eigenvalue weighted by molar-refractivity contribution is 1.19. The van der Waals surface area contributed by atoms with Crippen LogP contribution in [-0.4, -0.2) is 11.5 Å². The SMILES string of the molecule is CCNc1cncc(Nc2cc(Cl)c(C)cc2Cl)c1. The molecular weight excluding hydrogens is 281 g/mol. The van der Waals surface area contributed by atoms with Crippen molar-refractivity contribution in [1.29, 1.82) is 0 Å². The molecule has 2 rings (SSSR count). The molecule has 0 aliphatic rings. The second-order valence-electron chi connectivity index (χ2n) is 4.20. The van der Waals surface area contributed by atoms with E-state index in [9.17, 15) is 0 Å². The number of nitrogens with one attached hydrogen (secondary N) is 2. The summed E-state index contributed by atoms with van der Waals surface area (Å²) in [6.07, 6.45) is 3.52. The van der Waals surface area contributed by atoms with Gasteiger partial charge in [-0.3, -0.25) is 4.98 Å². The van der Waals surface area contributed by atoms with Gasteiger partial charge in [0, 0.05) is 11.6 Å². The Kier molecular flexibility index (Phi) is 4.51. The van der Waals surface area contributed by atoms with Crippen molar-refractivity contribution < 1.29 is 0 Å². The minimum atomic E-state index is 0.635. The molecule has 0 aliphatic heterocycles. The largest absolute Gasteiger partial charge is 0.384 e.